The SMILES string of the molecule is OC[C@H]1O[C@@H](n2cnc3c(NCc4ccoc4)ncnc32)[C@H](O)[C@@H]1O. The van der Waals surface area contributed by atoms with Crippen molar-refractivity contribution in [1.82, 2.24) is 19.5 Å². The summed E-state index contributed by atoms with van der Waals surface area (Å²) in [4.78, 5) is 12.7. The first-order chi connectivity index (χ1) is 12.2. The van der Waals surface area contributed by atoms with Crippen LogP contribution in [0.4, 0.5) is 5.82 Å². The minimum absolute atomic E-state index is 0.395. The first-order valence-corrected chi connectivity index (χ1v) is 7.74. The molecule has 4 rings (SSSR count). The van der Waals surface area contributed by atoms with Gasteiger partial charge in [-0.25, -0.2) is 15.0 Å². The van der Waals surface area contributed by atoms with Crippen molar-refractivity contribution in [3.05, 3.63) is 36.8 Å². The van der Waals surface area contributed by atoms with Crippen molar-refractivity contribution in [3.8, 4) is 0 Å². The lowest BCUT2D eigenvalue weighted by molar-refractivity contribution is -0.0511. The predicted molar refractivity (Wildman–Crippen MR) is 84.4 cm³/mol. The lowest BCUT2D eigenvalue weighted by atomic mass is 10.1. The van der Waals surface area contributed by atoms with Crippen LogP contribution in [0, 0.1) is 0 Å². The number of nitrogens with one attached hydrogen (secondary N) is 1. The molecule has 10 heteroatoms. The molecule has 0 saturated carbocycles. The zero-order valence-corrected chi connectivity index (χ0v) is 13.1. The molecule has 4 atom stereocenters. The lowest BCUT2D eigenvalue weighted by Crippen LogP contribution is -2.33. The number of hydrogen-bond donors (Lipinski definition) is 4. The number of fused-ring (bicyclic) bond motifs is 1. The molecule has 10 nitrogen and oxygen atoms in total. The van der Waals surface area contributed by atoms with E-state index in [0.717, 1.165) is 5.56 Å². The van der Waals surface area contributed by atoms with E-state index in [-0.39, 0.29) is 0 Å². The van der Waals surface area contributed by atoms with E-state index in [9.17, 15) is 15.3 Å². The lowest BCUT2D eigenvalue weighted by Gasteiger charge is -2.16. The Labute approximate surface area is 141 Å². The van der Waals surface area contributed by atoms with Crippen LogP contribution >= 0.6 is 0 Å². The molecule has 25 heavy (non-hydrogen) atoms. The monoisotopic (exact) mass is 347 g/mol. The van der Waals surface area contributed by atoms with Crippen LogP contribution in [-0.2, 0) is 11.3 Å². The fourth-order valence-corrected chi connectivity index (χ4v) is 2.86. The first-order valence-electron chi connectivity index (χ1n) is 7.74. The third-order valence-electron chi connectivity index (χ3n) is 4.19. The normalized spacial score (nSPS) is 26.4. The van der Waals surface area contributed by atoms with Gasteiger partial charge in [-0.2, -0.15) is 0 Å². The molecule has 0 radical (unpaired) electrons. The molecule has 0 aliphatic carbocycles. The van der Waals surface area contributed by atoms with Crippen molar-refractivity contribution in [2.75, 3.05) is 11.9 Å². The van der Waals surface area contributed by atoms with Crippen LogP contribution in [-0.4, -0.2) is 59.8 Å². The molecule has 132 valence electrons. The zero-order valence-electron chi connectivity index (χ0n) is 13.1. The van der Waals surface area contributed by atoms with E-state index in [1.165, 1.54) is 17.2 Å². The zero-order chi connectivity index (χ0) is 17.4. The van der Waals surface area contributed by atoms with Crippen LogP contribution < -0.4 is 5.32 Å². The number of nitrogens with zero attached hydrogens (tertiary/aromatic N) is 4. The third-order valence-corrected chi connectivity index (χ3v) is 4.19. The van der Waals surface area contributed by atoms with Gasteiger partial charge in [0.25, 0.3) is 0 Å². The number of aliphatic hydroxyl groups is 3. The van der Waals surface area contributed by atoms with Gasteiger partial charge in [0.2, 0.25) is 0 Å². The summed E-state index contributed by atoms with van der Waals surface area (Å²) in [7, 11) is 0. The highest BCUT2D eigenvalue weighted by Crippen LogP contribution is 2.32. The van der Waals surface area contributed by atoms with Gasteiger partial charge in [0.1, 0.15) is 24.6 Å². The number of hydrogen-bond acceptors (Lipinski definition) is 9. The number of aromatic nitrogens is 4. The summed E-state index contributed by atoms with van der Waals surface area (Å²) in [5.41, 5.74) is 1.90. The van der Waals surface area contributed by atoms with E-state index < -0.39 is 31.1 Å². The van der Waals surface area contributed by atoms with E-state index in [1.807, 2.05) is 6.07 Å². The van der Waals surface area contributed by atoms with Gasteiger partial charge in [-0.15, -0.1) is 0 Å². The Kier molecular flexibility index (Phi) is 4.09. The van der Waals surface area contributed by atoms with Crippen molar-refractivity contribution in [2.24, 2.45) is 0 Å². The second-order valence-electron chi connectivity index (χ2n) is 5.76. The summed E-state index contributed by atoms with van der Waals surface area (Å²) in [6.45, 7) is 0.108. The van der Waals surface area contributed by atoms with Crippen LogP contribution in [0.3, 0.4) is 0 Å². The molecule has 4 N–H and O–H groups in total. The minimum atomic E-state index is -1.20. The molecule has 4 heterocycles. The number of imidazole rings is 1. The Morgan fingerprint density at radius 2 is 2.08 bits per heavy atom. The summed E-state index contributed by atoms with van der Waals surface area (Å²) in [5, 5.41) is 32.5. The molecular weight excluding hydrogens is 330 g/mol. The van der Waals surface area contributed by atoms with Crippen LogP contribution in [0.5, 0.6) is 0 Å². The molecule has 1 aliphatic heterocycles. The van der Waals surface area contributed by atoms with Crippen molar-refractivity contribution >= 4 is 17.0 Å². The molecule has 0 spiro atoms. The molecule has 0 bridgehead atoms. The Morgan fingerprint density at radius 3 is 2.80 bits per heavy atom. The summed E-state index contributed by atoms with van der Waals surface area (Å²) >= 11 is 0. The van der Waals surface area contributed by atoms with Crippen molar-refractivity contribution < 1.29 is 24.5 Å². The van der Waals surface area contributed by atoms with E-state index in [2.05, 4.69) is 20.3 Å². The number of anilines is 1. The summed E-state index contributed by atoms with van der Waals surface area (Å²) in [6.07, 6.45) is 1.90. The van der Waals surface area contributed by atoms with E-state index in [0.29, 0.717) is 23.5 Å². The number of aliphatic hydroxyl groups excluding tert-OH is 3. The second kappa shape index (κ2) is 6.41. The molecule has 0 amide bonds. The quantitative estimate of drug-likeness (QED) is 0.487. The van der Waals surface area contributed by atoms with Gasteiger partial charge in [0.15, 0.2) is 23.2 Å². The van der Waals surface area contributed by atoms with Gasteiger partial charge >= 0.3 is 0 Å². The number of ether oxygens (including phenoxy) is 1. The topological polar surface area (TPSA) is 139 Å². The summed E-state index contributed by atoms with van der Waals surface area (Å²) < 4.78 is 12.1. The standard InChI is InChI=1S/C15H17N5O5/c21-4-9-11(22)12(23)15(25-9)20-7-19-10-13(17-6-18-14(10)20)16-3-8-1-2-24-5-8/h1-2,5-7,9,11-12,15,21-23H,3-4H2,(H,16,17,18)/t9-,11-,12-,15-/m1/s1. The van der Waals surface area contributed by atoms with E-state index >= 15 is 0 Å². The van der Waals surface area contributed by atoms with E-state index in [4.69, 9.17) is 9.15 Å². The molecule has 1 saturated heterocycles. The van der Waals surface area contributed by atoms with Crippen LogP contribution in [0.1, 0.15) is 11.8 Å². The fourth-order valence-electron chi connectivity index (χ4n) is 2.86. The van der Waals surface area contributed by atoms with E-state index in [1.54, 1.807) is 12.5 Å². The maximum absolute atomic E-state index is 10.2. The van der Waals surface area contributed by atoms with Crippen LogP contribution in [0.2, 0.25) is 0 Å². The van der Waals surface area contributed by atoms with Crippen molar-refractivity contribution in [3.63, 3.8) is 0 Å². The average Bonchev–Trinajstić information content (AvgIpc) is 3.34. The highest BCUT2D eigenvalue weighted by molar-refractivity contribution is 5.82. The fraction of sp³-hybridized carbons (Fsp3) is 0.400. The number of rotatable bonds is 5. The molecule has 3 aromatic heterocycles. The van der Waals surface area contributed by atoms with Crippen molar-refractivity contribution in [1.29, 1.82) is 0 Å². The van der Waals surface area contributed by atoms with Crippen LogP contribution in [0.25, 0.3) is 11.2 Å². The molecule has 0 unspecified atom stereocenters. The van der Waals surface area contributed by atoms with Crippen LogP contribution in [0.15, 0.2) is 35.7 Å². The Bertz CT molecular complexity index is 851. The molecule has 3 aromatic rings. The van der Waals surface area contributed by atoms with Gasteiger partial charge in [0, 0.05) is 12.1 Å². The Hall–Kier alpha value is -2.53. The van der Waals surface area contributed by atoms with Gasteiger partial charge < -0.3 is 29.8 Å². The third kappa shape index (κ3) is 2.74. The smallest absolute Gasteiger partial charge is 0.167 e. The number of furan rings is 1. The van der Waals surface area contributed by atoms with Gasteiger partial charge in [-0.1, -0.05) is 0 Å². The van der Waals surface area contributed by atoms with Gasteiger partial charge in [-0.05, 0) is 6.07 Å². The maximum Gasteiger partial charge on any atom is 0.167 e. The maximum atomic E-state index is 10.2. The van der Waals surface area contributed by atoms with Gasteiger partial charge in [0.05, 0.1) is 25.5 Å². The second-order valence-corrected chi connectivity index (χ2v) is 5.76. The molecule has 0 aromatic carbocycles. The molecular formula is C15H17N5O5. The molecule has 1 aliphatic rings. The minimum Gasteiger partial charge on any atom is -0.472 e. The van der Waals surface area contributed by atoms with Crippen molar-refractivity contribution in [2.45, 2.75) is 31.1 Å². The Morgan fingerprint density at radius 1 is 1.20 bits per heavy atom. The highest BCUT2D eigenvalue weighted by atomic mass is 16.6. The predicted octanol–water partition coefficient (Wildman–Crippen LogP) is -0.357. The average molecular weight is 347 g/mol. The Balaban J connectivity index is 1.63. The van der Waals surface area contributed by atoms with Gasteiger partial charge in [-0.3, -0.25) is 4.57 Å². The molecule has 1 fully saturated rings. The largest absolute Gasteiger partial charge is 0.472 e. The summed E-state index contributed by atoms with van der Waals surface area (Å²) in [5.74, 6) is 0.525. The summed E-state index contributed by atoms with van der Waals surface area (Å²) in [6, 6.07) is 1.84. The first kappa shape index (κ1) is 16.0. The highest BCUT2D eigenvalue weighted by Gasteiger charge is 2.44.